The first-order valence-electron chi connectivity index (χ1n) is 5.95. The maximum absolute atomic E-state index is 12.9. The van der Waals surface area contributed by atoms with Gasteiger partial charge < -0.3 is 0 Å². The van der Waals surface area contributed by atoms with Gasteiger partial charge in [-0.2, -0.15) is 0 Å². The third kappa shape index (κ3) is 1.68. The summed E-state index contributed by atoms with van der Waals surface area (Å²) >= 11 is 0. The van der Waals surface area contributed by atoms with Gasteiger partial charge in [-0.05, 0) is 41.9 Å². The molecule has 82 valence electrons. The summed E-state index contributed by atoms with van der Waals surface area (Å²) in [5, 5.41) is 0. The van der Waals surface area contributed by atoms with Crippen LogP contribution in [0, 0.1) is 11.7 Å². The standard InChI is InChI=1S/C14H19F/c1-3-11(2)14(9-4-10-14)12-5-7-13(15)8-6-12/h5-8,11H,3-4,9-10H2,1-2H3. The van der Waals surface area contributed by atoms with Crippen LogP contribution in [-0.4, -0.2) is 0 Å². The minimum atomic E-state index is -0.127. The predicted molar refractivity (Wildman–Crippen MR) is 61.4 cm³/mol. The van der Waals surface area contributed by atoms with Crippen molar-refractivity contribution in [1.29, 1.82) is 0 Å². The lowest BCUT2D eigenvalue weighted by atomic mass is 9.57. The van der Waals surface area contributed by atoms with Crippen LogP contribution in [0.4, 0.5) is 4.39 Å². The average molecular weight is 206 g/mol. The van der Waals surface area contributed by atoms with Gasteiger partial charge in [-0.1, -0.05) is 38.8 Å². The van der Waals surface area contributed by atoms with Crippen molar-refractivity contribution in [2.45, 2.75) is 44.9 Å². The summed E-state index contributed by atoms with van der Waals surface area (Å²) in [5.41, 5.74) is 1.69. The van der Waals surface area contributed by atoms with Crippen molar-refractivity contribution < 1.29 is 4.39 Å². The molecule has 0 amide bonds. The summed E-state index contributed by atoms with van der Waals surface area (Å²) in [7, 11) is 0. The van der Waals surface area contributed by atoms with Gasteiger partial charge in [-0.25, -0.2) is 4.39 Å². The molecule has 1 heteroatoms. The summed E-state index contributed by atoms with van der Waals surface area (Å²) in [4.78, 5) is 0. The second-order valence-electron chi connectivity index (χ2n) is 4.83. The molecule has 1 aliphatic rings. The summed E-state index contributed by atoms with van der Waals surface area (Å²) in [6.07, 6.45) is 5.07. The van der Waals surface area contributed by atoms with Gasteiger partial charge in [0.2, 0.25) is 0 Å². The Bertz CT molecular complexity index is 322. The van der Waals surface area contributed by atoms with E-state index < -0.39 is 0 Å². The van der Waals surface area contributed by atoms with E-state index in [-0.39, 0.29) is 5.82 Å². The minimum absolute atomic E-state index is 0.127. The molecule has 2 rings (SSSR count). The predicted octanol–water partition coefficient (Wildman–Crippen LogP) is 4.29. The highest BCUT2D eigenvalue weighted by molar-refractivity contribution is 5.29. The molecule has 1 aromatic carbocycles. The van der Waals surface area contributed by atoms with Crippen molar-refractivity contribution >= 4 is 0 Å². The third-order valence-electron chi connectivity index (χ3n) is 4.22. The van der Waals surface area contributed by atoms with Gasteiger partial charge in [-0.15, -0.1) is 0 Å². The number of hydrogen-bond donors (Lipinski definition) is 0. The van der Waals surface area contributed by atoms with Crippen molar-refractivity contribution in [2.24, 2.45) is 5.92 Å². The smallest absolute Gasteiger partial charge is 0.123 e. The second-order valence-corrected chi connectivity index (χ2v) is 4.83. The van der Waals surface area contributed by atoms with Gasteiger partial charge in [0.25, 0.3) is 0 Å². The lowest BCUT2D eigenvalue weighted by Crippen LogP contribution is -2.40. The summed E-state index contributed by atoms with van der Waals surface area (Å²) < 4.78 is 12.9. The van der Waals surface area contributed by atoms with Crippen LogP contribution in [0.25, 0.3) is 0 Å². The van der Waals surface area contributed by atoms with Crippen LogP contribution in [0.3, 0.4) is 0 Å². The van der Waals surface area contributed by atoms with Gasteiger partial charge in [0.05, 0.1) is 0 Å². The van der Waals surface area contributed by atoms with Gasteiger partial charge >= 0.3 is 0 Å². The van der Waals surface area contributed by atoms with Crippen LogP contribution in [0.5, 0.6) is 0 Å². The van der Waals surface area contributed by atoms with Crippen LogP contribution in [0.1, 0.15) is 45.1 Å². The Balaban J connectivity index is 2.30. The number of halogens is 1. The fourth-order valence-corrected chi connectivity index (χ4v) is 2.80. The van der Waals surface area contributed by atoms with E-state index in [0.29, 0.717) is 11.3 Å². The highest BCUT2D eigenvalue weighted by Crippen LogP contribution is 2.50. The minimum Gasteiger partial charge on any atom is -0.207 e. The third-order valence-corrected chi connectivity index (χ3v) is 4.22. The molecule has 1 atom stereocenters. The first-order valence-corrected chi connectivity index (χ1v) is 5.95. The van der Waals surface area contributed by atoms with Crippen LogP contribution in [0.15, 0.2) is 24.3 Å². The van der Waals surface area contributed by atoms with E-state index in [1.165, 1.54) is 31.2 Å². The van der Waals surface area contributed by atoms with E-state index in [2.05, 4.69) is 13.8 Å². The molecule has 15 heavy (non-hydrogen) atoms. The molecule has 1 aromatic rings. The van der Waals surface area contributed by atoms with Crippen molar-refractivity contribution in [1.82, 2.24) is 0 Å². The van der Waals surface area contributed by atoms with Crippen LogP contribution in [0.2, 0.25) is 0 Å². The zero-order valence-electron chi connectivity index (χ0n) is 9.59. The van der Waals surface area contributed by atoms with E-state index >= 15 is 0 Å². The zero-order valence-corrected chi connectivity index (χ0v) is 9.59. The van der Waals surface area contributed by atoms with Crippen molar-refractivity contribution in [3.8, 4) is 0 Å². The molecule has 1 unspecified atom stereocenters. The highest BCUT2D eigenvalue weighted by atomic mass is 19.1. The molecule has 1 saturated carbocycles. The summed E-state index contributed by atoms with van der Waals surface area (Å²) in [5.74, 6) is 0.578. The average Bonchev–Trinajstić information content (AvgIpc) is 2.19. The lowest BCUT2D eigenvalue weighted by molar-refractivity contribution is 0.153. The molecule has 0 spiro atoms. The molecule has 0 bridgehead atoms. The highest BCUT2D eigenvalue weighted by Gasteiger charge is 2.42. The molecule has 1 aliphatic carbocycles. The quantitative estimate of drug-likeness (QED) is 0.692. The molecule has 1 fully saturated rings. The van der Waals surface area contributed by atoms with E-state index in [0.717, 1.165) is 0 Å². The molecule has 0 heterocycles. The fraction of sp³-hybridized carbons (Fsp3) is 0.571. The Morgan fingerprint density at radius 1 is 1.27 bits per heavy atom. The second kappa shape index (κ2) is 3.96. The summed E-state index contributed by atoms with van der Waals surface area (Å²) in [6.45, 7) is 4.57. The SMILES string of the molecule is CCC(C)C1(c2ccc(F)cc2)CCC1. The normalized spacial score (nSPS) is 20.7. The van der Waals surface area contributed by atoms with Crippen LogP contribution < -0.4 is 0 Å². The number of benzene rings is 1. The fourth-order valence-electron chi connectivity index (χ4n) is 2.80. The van der Waals surface area contributed by atoms with Crippen LogP contribution in [-0.2, 0) is 5.41 Å². The number of hydrogen-bond acceptors (Lipinski definition) is 0. The first-order chi connectivity index (χ1) is 7.19. The lowest BCUT2D eigenvalue weighted by Gasteiger charge is -2.47. The molecule has 0 nitrogen and oxygen atoms in total. The van der Waals surface area contributed by atoms with Crippen molar-refractivity contribution in [3.63, 3.8) is 0 Å². The summed E-state index contributed by atoms with van der Waals surface area (Å²) in [6, 6.07) is 7.14. The molecule has 0 saturated heterocycles. The molecular formula is C14H19F. The first kappa shape index (κ1) is 10.7. The van der Waals surface area contributed by atoms with E-state index in [1.807, 2.05) is 12.1 Å². The Hall–Kier alpha value is -0.850. The maximum atomic E-state index is 12.9. The van der Waals surface area contributed by atoms with Crippen molar-refractivity contribution in [3.05, 3.63) is 35.6 Å². The number of rotatable bonds is 3. The van der Waals surface area contributed by atoms with Gasteiger partial charge in [-0.3, -0.25) is 0 Å². The Kier molecular flexibility index (Phi) is 2.81. The van der Waals surface area contributed by atoms with Crippen LogP contribution >= 0.6 is 0 Å². The maximum Gasteiger partial charge on any atom is 0.123 e. The monoisotopic (exact) mass is 206 g/mol. The molecule has 0 N–H and O–H groups in total. The molecular weight excluding hydrogens is 187 g/mol. The zero-order chi connectivity index (χ0) is 10.9. The van der Waals surface area contributed by atoms with Gasteiger partial charge in [0.1, 0.15) is 5.82 Å². The van der Waals surface area contributed by atoms with E-state index in [1.54, 1.807) is 12.1 Å². The molecule has 0 radical (unpaired) electrons. The van der Waals surface area contributed by atoms with Crippen molar-refractivity contribution in [2.75, 3.05) is 0 Å². The Labute approximate surface area is 91.5 Å². The Morgan fingerprint density at radius 3 is 2.27 bits per heavy atom. The van der Waals surface area contributed by atoms with Gasteiger partial charge in [0, 0.05) is 0 Å². The van der Waals surface area contributed by atoms with Gasteiger partial charge in [0.15, 0.2) is 0 Å². The van der Waals surface area contributed by atoms with E-state index in [4.69, 9.17) is 0 Å². The van der Waals surface area contributed by atoms with E-state index in [9.17, 15) is 4.39 Å². The topological polar surface area (TPSA) is 0 Å². The molecule has 0 aromatic heterocycles. The largest absolute Gasteiger partial charge is 0.207 e. The Morgan fingerprint density at radius 2 is 1.87 bits per heavy atom. The molecule has 0 aliphatic heterocycles.